The normalized spacial score (nSPS) is 22.0. The van der Waals surface area contributed by atoms with E-state index < -0.39 is 23.1 Å². The summed E-state index contributed by atoms with van der Waals surface area (Å²) in [6.07, 6.45) is 0.0947. The fraction of sp³-hybridized carbons (Fsp3) is 0.556. The van der Waals surface area contributed by atoms with Gasteiger partial charge in [0.25, 0.3) is 5.91 Å². The van der Waals surface area contributed by atoms with Gasteiger partial charge >= 0.3 is 6.09 Å². The summed E-state index contributed by atoms with van der Waals surface area (Å²) in [5.74, 6) is -0.888. The van der Waals surface area contributed by atoms with Crippen molar-refractivity contribution in [3.8, 4) is 0 Å². The van der Waals surface area contributed by atoms with Crippen LogP contribution in [0.3, 0.4) is 0 Å². The van der Waals surface area contributed by atoms with Gasteiger partial charge in [-0.2, -0.15) is 0 Å². The Morgan fingerprint density at radius 3 is 2.36 bits per heavy atom. The molecule has 6 nitrogen and oxygen atoms in total. The Hall–Kier alpha value is -2.15. The third kappa shape index (κ3) is 3.61. The molecule has 0 saturated carbocycles. The van der Waals surface area contributed by atoms with Crippen molar-refractivity contribution in [1.29, 1.82) is 0 Å². The topological polar surface area (TPSA) is 70.1 Å². The van der Waals surface area contributed by atoms with E-state index in [4.69, 9.17) is 9.84 Å². The number of likely N-dealkylation sites (tertiary alicyclic amines) is 1. The van der Waals surface area contributed by atoms with Crippen LogP contribution < -0.4 is 0 Å². The summed E-state index contributed by atoms with van der Waals surface area (Å²) in [6.45, 7) is 5.25. The van der Waals surface area contributed by atoms with Crippen LogP contribution in [0.4, 0.5) is 9.18 Å². The van der Waals surface area contributed by atoms with E-state index in [1.165, 1.54) is 17.0 Å². The highest BCUT2D eigenvalue weighted by Crippen LogP contribution is 2.37. The quantitative estimate of drug-likeness (QED) is 0.845. The highest BCUT2D eigenvalue weighted by Gasteiger charge is 2.47. The van der Waals surface area contributed by atoms with Gasteiger partial charge in [-0.1, -0.05) is 12.1 Å². The number of morpholine rings is 1. The van der Waals surface area contributed by atoms with Crippen molar-refractivity contribution in [1.82, 2.24) is 9.80 Å². The second-order valence-electron chi connectivity index (χ2n) is 7.46. The van der Waals surface area contributed by atoms with E-state index in [0.29, 0.717) is 39.0 Å². The first kappa shape index (κ1) is 17.7. The lowest BCUT2D eigenvalue weighted by Crippen LogP contribution is -2.64. The van der Waals surface area contributed by atoms with Crippen LogP contribution in [0.5, 0.6) is 0 Å². The molecule has 7 heteroatoms. The summed E-state index contributed by atoms with van der Waals surface area (Å²) in [7, 11) is 0. The molecule has 2 fully saturated rings. The van der Waals surface area contributed by atoms with E-state index in [0.717, 1.165) is 0 Å². The molecule has 0 aliphatic carbocycles. The highest BCUT2D eigenvalue weighted by atomic mass is 19.1. The molecule has 0 unspecified atom stereocenters. The molecule has 3 rings (SSSR count). The molecular formula is C18H23FN2O4. The molecule has 2 heterocycles. The molecule has 0 radical (unpaired) electrons. The lowest BCUT2D eigenvalue weighted by atomic mass is 9.86. The average molecular weight is 350 g/mol. The maximum Gasteiger partial charge on any atom is 0.407 e. The van der Waals surface area contributed by atoms with Crippen molar-refractivity contribution in [2.24, 2.45) is 0 Å². The van der Waals surface area contributed by atoms with Crippen LogP contribution in [0, 0.1) is 5.82 Å². The Morgan fingerprint density at radius 1 is 1.12 bits per heavy atom. The summed E-state index contributed by atoms with van der Waals surface area (Å²) in [6, 6.07) is 5.96. The van der Waals surface area contributed by atoms with Gasteiger partial charge in [-0.05, 0) is 38.8 Å². The van der Waals surface area contributed by atoms with E-state index in [9.17, 15) is 14.0 Å². The molecule has 1 spiro atoms. The number of piperidine rings is 1. The molecule has 2 amide bonds. The fourth-order valence-electron chi connectivity index (χ4n) is 3.83. The van der Waals surface area contributed by atoms with Crippen LogP contribution >= 0.6 is 0 Å². The van der Waals surface area contributed by atoms with E-state index in [2.05, 4.69) is 0 Å². The number of hydrogen-bond acceptors (Lipinski definition) is 3. The maximum absolute atomic E-state index is 14.0. The van der Waals surface area contributed by atoms with Gasteiger partial charge in [-0.3, -0.25) is 4.79 Å². The van der Waals surface area contributed by atoms with Crippen molar-refractivity contribution >= 4 is 12.0 Å². The number of ether oxygens (including phenoxy) is 1. The van der Waals surface area contributed by atoms with Gasteiger partial charge in [0.2, 0.25) is 0 Å². The van der Waals surface area contributed by atoms with E-state index >= 15 is 0 Å². The number of rotatable bonds is 1. The number of carboxylic acid groups (broad SMARTS) is 1. The van der Waals surface area contributed by atoms with Crippen LogP contribution in [0.15, 0.2) is 24.3 Å². The lowest BCUT2D eigenvalue weighted by molar-refractivity contribution is -0.203. The Labute approximate surface area is 146 Å². The monoisotopic (exact) mass is 350 g/mol. The lowest BCUT2D eigenvalue weighted by Gasteiger charge is -2.52. The molecule has 25 heavy (non-hydrogen) atoms. The first-order valence-electron chi connectivity index (χ1n) is 8.43. The molecule has 0 aromatic heterocycles. The van der Waals surface area contributed by atoms with Gasteiger partial charge in [-0.25, -0.2) is 9.18 Å². The van der Waals surface area contributed by atoms with Gasteiger partial charge in [-0.15, -0.1) is 0 Å². The third-order valence-corrected chi connectivity index (χ3v) is 4.88. The standard InChI is InChI=1S/C18H23FN2O4/c1-17(2)11-21(15(22)13-5-3-4-6-14(13)19)12-18(25-17)7-9-20(10-8-18)16(23)24/h3-6H,7-12H2,1-2H3,(H,23,24). The zero-order valence-electron chi connectivity index (χ0n) is 14.5. The number of amides is 2. The summed E-state index contributed by atoms with van der Waals surface area (Å²) in [4.78, 5) is 27.0. The van der Waals surface area contributed by atoms with Crippen LogP contribution in [0.1, 0.15) is 37.0 Å². The first-order valence-corrected chi connectivity index (χ1v) is 8.43. The Bertz CT molecular complexity index is 683. The Morgan fingerprint density at radius 2 is 1.76 bits per heavy atom. The van der Waals surface area contributed by atoms with E-state index in [-0.39, 0.29) is 11.5 Å². The minimum absolute atomic E-state index is 0.0540. The molecule has 0 atom stereocenters. The largest absolute Gasteiger partial charge is 0.465 e. The van der Waals surface area contributed by atoms with E-state index in [1.54, 1.807) is 17.0 Å². The molecule has 2 aliphatic heterocycles. The second-order valence-corrected chi connectivity index (χ2v) is 7.46. The first-order chi connectivity index (χ1) is 11.7. The van der Waals surface area contributed by atoms with Crippen LogP contribution in [0.25, 0.3) is 0 Å². The van der Waals surface area contributed by atoms with Crippen molar-refractivity contribution in [2.45, 2.75) is 37.9 Å². The molecule has 2 saturated heterocycles. The third-order valence-electron chi connectivity index (χ3n) is 4.88. The molecule has 2 aliphatic rings. The number of benzene rings is 1. The average Bonchev–Trinajstić information content (AvgIpc) is 2.53. The summed E-state index contributed by atoms with van der Waals surface area (Å²) < 4.78 is 20.3. The molecule has 1 N–H and O–H groups in total. The highest BCUT2D eigenvalue weighted by molar-refractivity contribution is 5.94. The predicted molar refractivity (Wildman–Crippen MR) is 89.0 cm³/mol. The van der Waals surface area contributed by atoms with Crippen LogP contribution in [-0.4, -0.2) is 64.3 Å². The zero-order valence-corrected chi connectivity index (χ0v) is 14.5. The summed E-state index contributed by atoms with van der Waals surface area (Å²) in [5.41, 5.74) is -1.11. The summed E-state index contributed by atoms with van der Waals surface area (Å²) >= 11 is 0. The van der Waals surface area contributed by atoms with Crippen LogP contribution in [0.2, 0.25) is 0 Å². The number of halogens is 1. The molecule has 1 aromatic carbocycles. The fourth-order valence-corrected chi connectivity index (χ4v) is 3.83. The number of hydrogen-bond donors (Lipinski definition) is 1. The number of carbonyl (C=O) groups excluding carboxylic acids is 1. The zero-order chi connectivity index (χ0) is 18.2. The van der Waals surface area contributed by atoms with Crippen LogP contribution in [-0.2, 0) is 4.74 Å². The summed E-state index contributed by atoms with van der Waals surface area (Å²) in [5, 5.41) is 9.13. The predicted octanol–water partition coefficient (Wildman–Crippen LogP) is 2.59. The van der Waals surface area contributed by atoms with Gasteiger partial charge in [0.1, 0.15) is 5.82 Å². The molecule has 136 valence electrons. The Kier molecular flexibility index (Phi) is 4.45. The Balaban J connectivity index is 1.81. The van der Waals surface area contributed by atoms with Crippen molar-refractivity contribution in [2.75, 3.05) is 26.2 Å². The maximum atomic E-state index is 14.0. The van der Waals surface area contributed by atoms with Crippen molar-refractivity contribution < 1.29 is 23.8 Å². The van der Waals surface area contributed by atoms with Gasteiger partial charge in [0.05, 0.1) is 23.3 Å². The van der Waals surface area contributed by atoms with Gasteiger partial charge in [0, 0.05) is 19.6 Å². The molecule has 0 bridgehead atoms. The minimum atomic E-state index is -0.941. The van der Waals surface area contributed by atoms with Gasteiger partial charge in [0.15, 0.2) is 0 Å². The SMILES string of the molecule is CC1(C)CN(C(=O)c2ccccc2F)CC2(CCN(C(=O)O)CC2)O1. The minimum Gasteiger partial charge on any atom is -0.465 e. The van der Waals surface area contributed by atoms with E-state index in [1.807, 2.05) is 13.8 Å². The van der Waals surface area contributed by atoms with Crippen molar-refractivity contribution in [3.63, 3.8) is 0 Å². The second kappa shape index (κ2) is 6.29. The molecule has 1 aromatic rings. The number of nitrogens with zero attached hydrogens (tertiary/aromatic N) is 2. The van der Waals surface area contributed by atoms with Gasteiger partial charge < -0.3 is 19.6 Å². The molecular weight excluding hydrogens is 327 g/mol. The number of carbonyl (C=O) groups is 2. The smallest absolute Gasteiger partial charge is 0.407 e. The van der Waals surface area contributed by atoms with Crippen molar-refractivity contribution in [3.05, 3.63) is 35.6 Å².